The molecule has 106 valence electrons. The van der Waals surface area contributed by atoms with Gasteiger partial charge in [0.15, 0.2) is 0 Å². The largest absolute Gasteiger partial charge is 0.356 e. The molecule has 1 rings (SSSR count). The Kier molecular flexibility index (Phi) is 8.92. The lowest BCUT2D eigenvalue weighted by Gasteiger charge is -2.13. The minimum Gasteiger partial charge on any atom is -0.356 e. The number of nitrogens with one attached hydrogen (secondary N) is 1. The molecule has 1 amide bonds. The van der Waals surface area contributed by atoms with Crippen LogP contribution in [0.5, 0.6) is 0 Å². The van der Waals surface area contributed by atoms with Gasteiger partial charge >= 0.3 is 0 Å². The summed E-state index contributed by atoms with van der Waals surface area (Å²) < 4.78 is 0. The van der Waals surface area contributed by atoms with Gasteiger partial charge < -0.3 is 11.1 Å². The third kappa shape index (κ3) is 7.70. The Hall–Kier alpha value is -0.570. The van der Waals surface area contributed by atoms with E-state index in [1.165, 1.54) is 51.4 Å². The van der Waals surface area contributed by atoms with Gasteiger partial charge in [-0.15, -0.1) is 0 Å². The van der Waals surface area contributed by atoms with Crippen LogP contribution in [0.4, 0.5) is 0 Å². The summed E-state index contributed by atoms with van der Waals surface area (Å²) in [5, 5.41) is 3.06. The quantitative estimate of drug-likeness (QED) is 0.517. The molecule has 0 radical (unpaired) electrons. The Morgan fingerprint density at radius 3 is 2.33 bits per heavy atom. The number of hydrogen-bond acceptors (Lipinski definition) is 2. The average Bonchev–Trinajstić information content (AvgIpc) is 2.62. The van der Waals surface area contributed by atoms with E-state index in [1.807, 2.05) is 0 Å². The van der Waals surface area contributed by atoms with Crippen LogP contribution >= 0.6 is 0 Å². The molecule has 3 N–H and O–H groups in total. The SMILES string of the molecule is NCCCCCCNC(=O)CC1CCCCCC1. The average molecular weight is 254 g/mol. The van der Waals surface area contributed by atoms with Crippen molar-refractivity contribution < 1.29 is 4.79 Å². The van der Waals surface area contributed by atoms with Crippen LogP contribution in [-0.4, -0.2) is 19.0 Å². The molecule has 0 aliphatic heterocycles. The fourth-order valence-corrected chi connectivity index (χ4v) is 2.75. The Bertz CT molecular complexity index is 211. The molecule has 0 aromatic carbocycles. The first kappa shape index (κ1) is 15.5. The minimum absolute atomic E-state index is 0.265. The highest BCUT2D eigenvalue weighted by atomic mass is 16.1. The minimum atomic E-state index is 0.265. The van der Waals surface area contributed by atoms with Gasteiger partial charge in [-0.05, 0) is 38.1 Å². The van der Waals surface area contributed by atoms with Crippen molar-refractivity contribution >= 4 is 5.91 Å². The third-order valence-electron chi connectivity index (χ3n) is 3.90. The van der Waals surface area contributed by atoms with Crippen LogP contribution in [0.2, 0.25) is 0 Å². The number of unbranched alkanes of at least 4 members (excludes halogenated alkanes) is 3. The summed E-state index contributed by atoms with van der Waals surface area (Å²) in [6, 6.07) is 0. The number of amides is 1. The number of carbonyl (C=O) groups is 1. The van der Waals surface area contributed by atoms with Gasteiger partial charge in [0.05, 0.1) is 0 Å². The second kappa shape index (κ2) is 10.4. The number of nitrogens with two attached hydrogens (primary N) is 1. The number of hydrogen-bond donors (Lipinski definition) is 2. The summed E-state index contributed by atoms with van der Waals surface area (Å²) in [5.41, 5.74) is 5.44. The van der Waals surface area contributed by atoms with Crippen molar-refractivity contribution in [3.05, 3.63) is 0 Å². The maximum Gasteiger partial charge on any atom is 0.220 e. The Morgan fingerprint density at radius 2 is 1.67 bits per heavy atom. The molecule has 3 heteroatoms. The molecule has 1 fully saturated rings. The van der Waals surface area contributed by atoms with Gasteiger partial charge in [0.2, 0.25) is 5.91 Å². The lowest BCUT2D eigenvalue weighted by molar-refractivity contribution is -0.122. The lowest BCUT2D eigenvalue weighted by Crippen LogP contribution is -2.26. The van der Waals surface area contributed by atoms with Crippen LogP contribution in [0.1, 0.15) is 70.6 Å². The third-order valence-corrected chi connectivity index (χ3v) is 3.90. The van der Waals surface area contributed by atoms with Crippen molar-refractivity contribution in [3.8, 4) is 0 Å². The number of carbonyl (C=O) groups excluding carboxylic acids is 1. The van der Waals surface area contributed by atoms with E-state index in [1.54, 1.807) is 0 Å². The molecule has 0 heterocycles. The van der Waals surface area contributed by atoms with Crippen molar-refractivity contribution in [2.24, 2.45) is 11.7 Å². The number of rotatable bonds is 8. The van der Waals surface area contributed by atoms with Crippen LogP contribution in [0.15, 0.2) is 0 Å². The smallest absolute Gasteiger partial charge is 0.220 e. The van der Waals surface area contributed by atoms with E-state index in [9.17, 15) is 4.79 Å². The Labute approximate surface area is 112 Å². The molecular weight excluding hydrogens is 224 g/mol. The first-order chi connectivity index (χ1) is 8.83. The molecule has 0 saturated heterocycles. The van der Waals surface area contributed by atoms with Gasteiger partial charge in [-0.25, -0.2) is 0 Å². The molecule has 3 nitrogen and oxygen atoms in total. The van der Waals surface area contributed by atoms with E-state index in [4.69, 9.17) is 5.73 Å². The Morgan fingerprint density at radius 1 is 1.00 bits per heavy atom. The van der Waals surface area contributed by atoms with Gasteiger partial charge in [0.25, 0.3) is 0 Å². The topological polar surface area (TPSA) is 55.1 Å². The predicted octanol–water partition coefficient (Wildman–Crippen LogP) is 2.98. The molecule has 1 aliphatic carbocycles. The first-order valence-electron chi connectivity index (χ1n) is 7.79. The van der Waals surface area contributed by atoms with Gasteiger partial charge in [0.1, 0.15) is 0 Å². The normalized spacial score (nSPS) is 17.4. The van der Waals surface area contributed by atoms with Crippen molar-refractivity contribution in [1.82, 2.24) is 5.32 Å². The summed E-state index contributed by atoms with van der Waals surface area (Å²) in [6.45, 7) is 1.63. The van der Waals surface area contributed by atoms with Crippen LogP contribution in [-0.2, 0) is 4.79 Å². The highest BCUT2D eigenvalue weighted by Gasteiger charge is 2.15. The summed E-state index contributed by atoms with van der Waals surface area (Å²) in [5.74, 6) is 0.908. The van der Waals surface area contributed by atoms with Crippen molar-refractivity contribution in [1.29, 1.82) is 0 Å². The molecule has 0 atom stereocenters. The van der Waals surface area contributed by atoms with Gasteiger partial charge in [-0.3, -0.25) is 4.79 Å². The van der Waals surface area contributed by atoms with E-state index < -0.39 is 0 Å². The van der Waals surface area contributed by atoms with Crippen molar-refractivity contribution in [2.45, 2.75) is 70.6 Å². The second-order valence-electron chi connectivity index (χ2n) is 5.61. The maximum atomic E-state index is 11.8. The van der Waals surface area contributed by atoms with Gasteiger partial charge in [-0.2, -0.15) is 0 Å². The fourth-order valence-electron chi connectivity index (χ4n) is 2.75. The molecule has 0 aromatic heterocycles. The molecular formula is C15H30N2O. The molecule has 0 bridgehead atoms. The Balaban J connectivity index is 1.98. The molecule has 18 heavy (non-hydrogen) atoms. The molecule has 0 aromatic rings. The zero-order valence-electron chi connectivity index (χ0n) is 11.8. The molecule has 1 saturated carbocycles. The summed E-state index contributed by atoms with van der Waals surface area (Å²) in [6.07, 6.45) is 13.2. The van der Waals surface area contributed by atoms with Gasteiger partial charge in [0, 0.05) is 13.0 Å². The summed E-state index contributed by atoms with van der Waals surface area (Å²) >= 11 is 0. The fraction of sp³-hybridized carbons (Fsp3) is 0.933. The zero-order valence-corrected chi connectivity index (χ0v) is 11.8. The predicted molar refractivity (Wildman–Crippen MR) is 76.3 cm³/mol. The molecule has 0 unspecified atom stereocenters. The van der Waals surface area contributed by atoms with Crippen LogP contribution in [0.3, 0.4) is 0 Å². The van der Waals surface area contributed by atoms with Crippen molar-refractivity contribution in [2.75, 3.05) is 13.1 Å². The van der Waals surface area contributed by atoms with E-state index in [0.717, 1.165) is 32.4 Å². The van der Waals surface area contributed by atoms with Crippen LogP contribution in [0, 0.1) is 5.92 Å². The van der Waals surface area contributed by atoms with E-state index >= 15 is 0 Å². The standard InChI is InChI=1S/C15H30N2O/c16-11-7-3-4-8-12-17-15(18)13-14-9-5-1-2-6-10-14/h14H,1-13,16H2,(H,17,18). The zero-order chi connectivity index (χ0) is 13.1. The summed E-state index contributed by atoms with van der Waals surface area (Å²) in [4.78, 5) is 11.8. The monoisotopic (exact) mass is 254 g/mol. The highest BCUT2D eigenvalue weighted by molar-refractivity contribution is 5.76. The van der Waals surface area contributed by atoms with Gasteiger partial charge in [-0.1, -0.05) is 38.5 Å². The second-order valence-corrected chi connectivity index (χ2v) is 5.61. The van der Waals surface area contributed by atoms with E-state index in [0.29, 0.717) is 5.92 Å². The highest BCUT2D eigenvalue weighted by Crippen LogP contribution is 2.25. The molecule has 0 spiro atoms. The summed E-state index contributed by atoms with van der Waals surface area (Å²) in [7, 11) is 0. The van der Waals surface area contributed by atoms with E-state index in [-0.39, 0.29) is 5.91 Å². The van der Waals surface area contributed by atoms with Crippen molar-refractivity contribution in [3.63, 3.8) is 0 Å². The van der Waals surface area contributed by atoms with E-state index in [2.05, 4.69) is 5.32 Å². The molecule has 1 aliphatic rings. The van der Waals surface area contributed by atoms with Crippen LogP contribution < -0.4 is 11.1 Å². The lowest BCUT2D eigenvalue weighted by atomic mass is 9.96. The van der Waals surface area contributed by atoms with Crippen LogP contribution in [0.25, 0.3) is 0 Å². The first-order valence-corrected chi connectivity index (χ1v) is 7.79. The maximum absolute atomic E-state index is 11.8.